The highest BCUT2D eigenvalue weighted by Crippen LogP contribution is 2.18. The summed E-state index contributed by atoms with van der Waals surface area (Å²) in [5, 5.41) is 16.0. The lowest BCUT2D eigenvalue weighted by molar-refractivity contribution is 0.309. The van der Waals surface area contributed by atoms with Gasteiger partial charge in [-0.1, -0.05) is 0 Å². The van der Waals surface area contributed by atoms with Gasteiger partial charge in [0, 0.05) is 18.0 Å². The highest BCUT2D eigenvalue weighted by molar-refractivity contribution is 5.51. The summed E-state index contributed by atoms with van der Waals surface area (Å²) in [7, 11) is 0. The molecule has 2 aromatic heterocycles. The van der Waals surface area contributed by atoms with Gasteiger partial charge in [-0.05, 0) is 43.3 Å². The second kappa shape index (κ2) is 4.58. The second-order valence-corrected chi connectivity index (χ2v) is 4.16. The number of piperidine rings is 1. The summed E-state index contributed by atoms with van der Waals surface area (Å²) < 4.78 is 0. The number of pyridine rings is 1. The molecule has 17 heavy (non-hydrogen) atoms. The predicted octanol–water partition coefficient (Wildman–Crippen LogP) is 0.660. The van der Waals surface area contributed by atoms with Crippen LogP contribution >= 0.6 is 0 Å². The molecule has 1 aliphatic rings. The molecule has 0 bridgehead atoms. The number of aromatic nitrogens is 5. The summed E-state index contributed by atoms with van der Waals surface area (Å²) in [5.41, 5.74) is 0.910. The largest absolute Gasteiger partial charge is 0.317 e. The van der Waals surface area contributed by atoms with E-state index in [2.05, 4.69) is 25.7 Å². The van der Waals surface area contributed by atoms with Gasteiger partial charge in [-0.3, -0.25) is 4.98 Å². The van der Waals surface area contributed by atoms with Crippen molar-refractivity contribution in [3.63, 3.8) is 0 Å². The van der Waals surface area contributed by atoms with E-state index in [4.69, 9.17) is 0 Å². The van der Waals surface area contributed by atoms with Crippen LogP contribution in [0.4, 0.5) is 0 Å². The van der Waals surface area contributed by atoms with Crippen LogP contribution in [0.15, 0.2) is 24.5 Å². The lowest BCUT2D eigenvalue weighted by Gasteiger charge is -2.20. The lowest BCUT2D eigenvalue weighted by atomic mass is 10.1. The summed E-state index contributed by atoms with van der Waals surface area (Å²) in [4.78, 5) is 5.80. The Labute approximate surface area is 99.1 Å². The van der Waals surface area contributed by atoms with E-state index < -0.39 is 0 Å². The van der Waals surface area contributed by atoms with Gasteiger partial charge < -0.3 is 5.32 Å². The standard InChI is InChI=1S/C11H14N6/c1-2-9(8-13-5-1)11-14-16-17(15-11)10-3-6-12-7-4-10/h1-2,5,8,10,12H,3-4,6-7H2. The van der Waals surface area contributed by atoms with Gasteiger partial charge >= 0.3 is 0 Å². The molecule has 6 nitrogen and oxygen atoms in total. The first kappa shape index (κ1) is 10.3. The van der Waals surface area contributed by atoms with E-state index in [1.54, 1.807) is 17.2 Å². The Morgan fingerprint density at radius 3 is 2.94 bits per heavy atom. The molecular formula is C11H14N6. The molecule has 1 N–H and O–H groups in total. The Balaban J connectivity index is 1.83. The molecule has 3 rings (SSSR count). The molecule has 3 heterocycles. The number of hydrogen-bond acceptors (Lipinski definition) is 5. The number of tetrazole rings is 1. The molecular weight excluding hydrogens is 216 g/mol. The van der Waals surface area contributed by atoms with Gasteiger partial charge in [-0.25, -0.2) is 0 Å². The van der Waals surface area contributed by atoms with Crippen LogP contribution in [0.1, 0.15) is 18.9 Å². The minimum atomic E-state index is 0.370. The monoisotopic (exact) mass is 230 g/mol. The number of nitrogens with zero attached hydrogens (tertiary/aromatic N) is 5. The summed E-state index contributed by atoms with van der Waals surface area (Å²) >= 11 is 0. The molecule has 0 aromatic carbocycles. The third kappa shape index (κ3) is 2.16. The first-order valence-corrected chi connectivity index (χ1v) is 5.84. The van der Waals surface area contributed by atoms with Crippen LogP contribution < -0.4 is 5.32 Å². The molecule has 0 spiro atoms. The number of nitrogens with one attached hydrogen (secondary N) is 1. The van der Waals surface area contributed by atoms with Crippen molar-refractivity contribution in [3.05, 3.63) is 24.5 Å². The molecule has 0 radical (unpaired) electrons. The number of rotatable bonds is 2. The van der Waals surface area contributed by atoms with Crippen LogP contribution in [0.25, 0.3) is 11.4 Å². The van der Waals surface area contributed by atoms with Crippen molar-refractivity contribution in [3.8, 4) is 11.4 Å². The molecule has 1 saturated heterocycles. The predicted molar refractivity (Wildman–Crippen MR) is 62.2 cm³/mol. The van der Waals surface area contributed by atoms with Crippen molar-refractivity contribution in [1.82, 2.24) is 30.5 Å². The first-order chi connectivity index (χ1) is 8.43. The van der Waals surface area contributed by atoms with Crippen LogP contribution in [0.5, 0.6) is 0 Å². The summed E-state index contributed by atoms with van der Waals surface area (Å²) in [5.74, 6) is 0.650. The summed E-state index contributed by atoms with van der Waals surface area (Å²) in [6.45, 7) is 2.04. The molecule has 0 atom stereocenters. The average Bonchev–Trinajstić information content (AvgIpc) is 2.90. The Morgan fingerprint density at radius 2 is 2.18 bits per heavy atom. The molecule has 1 fully saturated rings. The zero-order valence-electron chi connectivity index (χ0n) is 9.45. The van der Waals surface area contributed by atoms with E-state index in [9.17, 15) is 0 Å². The Kier molecular flexibility index (Phi) is 2.79. The zero-order valence-corrected chi connectivity index (χ0v) is 9.45. The molecule has 88 valence electrons. The molecule has 6 heteroatoms. The maximum atomic E-state index is 4.43. The van der Waals surface area contributed by atoms with Gasteiger partial charge in [-0.2, -0.15) is 4.80 Å². The molecule has 0 aliphatic carbocycles. The fraction of sp³-hybridized carbons (Fsp3) is 0.455. The fourth-order valence-electron chi connectivity index (χ4n) is 2.03. The van der Waals surface area contributed by atoms with E-state index in [0.29, 0.717) is 11.9 Å². The highest BCUT2D eigenvalue weighted by Gasteiger charge is 2.18. The van der Waals surface area contributed by atoms with Crippen LogP contribution in [0.3, 0.4) is 0 Å². The van der Waals surface area contributed by atoms with Gasteiger partial charge in [0.25, 0.3) is 0 Å². The maximum Gasteiger partial charge on any atom is 0.206 e. The normalized spacial score (nSPS) is 17.2. The molecule has 0 unspecified atom stereocenters. The van der Waals surface area contributed by atoms with Gasteiger partial charge in [0.15, 0.2) is 0 Å². The summed E-state index contributed by atoms with van der Waals surface area (Å²) in [6.07, 6.45) is 5.61. The summed E-state index contributed by atoms with van der Waals surface area (Å²) in [6, 6.07) is 4.19. The third-order valence-corrected chi connectivity index (χ3v) is 2.98. The minimum absolute atomic E-state index is 0.370. The Hall–Kier alpha value is -1.82. The zero-order chi connectivity index (χ0) is 11.5. The van der Waals surface area contributed by atoms with E-state index in [-0.39, 0.29) is 0 Å². The Bertz CT molecular complexity index is 474. The van der Waals surface area contributed by atoms with Crippen molar-refractivity contribution in [2.24, 2.45) is 0 Å². The molecule has 2 aromatic rings. The fourth-order valence-corrected chi connectivity index (χ4v) is 2.03. The highest BCUT2D eigenvalue weighted by atomic mass is 15.6. The van der Waals surface area contributed by atoms with Crippen LogP contribution in [0, 0.1) is 0 Å². The van der Waals surface area contributed by atoms with Gasteiger partial charge in [-0.15, -0.1) is 10.2 Å². The van der Waals surface area contributed by atoms with Gasteiger partial charge in [0.05, 0.1) is 6.04 Å². The van der Waals surface area contributed by atoms with E-state index in [0.717, 1.165) is 31.5 Å². The van der Waals surface area contributed by atoms with Crippen molar-refractivity contribution in [2.75, 3.05) is 13.1 Å². The van der Waals surface area contributed by atoms with Crippen LogP contribution in [0.2, 0.25) is 0 Å². The minimum Gasteiger partial charge on any atom is -0.317 e. The van der Waals surface area contributed by atoms with Crippen LogP contribution in [-0.4, -0.2) is 38.3 Å². The lowest BCUT2D eigenvalue weighted by Crippen LogP contribution is -2.30. The number of hydrogen-bond donors (Lipinski definition) is 1. The van der Waals surface area contributed by atoms with E-state index >= 15 is 0 Å². The van der Waals surface area contributed by atoms with Crippen molar-refractivity contribution >= 4 is 0 Å². The van der Waals surface area contributed by atoms with E-state index in [1.807, 2.05) is 12.1 Å². The van der Waals surface area contributed by atoms with E-state index in [1.165, 1.54) is 0 Å². The average molecular weight is 230 g/mol. The topological polar surface area (TPSA) is 68.5 Å². The molecule has 0 amide bonds. The van der Waals surface area contributed by atoms with Gasteiger partial charge in [0.2, 0.25) is 5.82 Å². The van der Waals surface area contributed by atoms with Crippen LogP contribution in [-0.2, 0) is 0 Å². The smallest absolute Gasteiger partial charge is 0.206 e. The third-order valence-electron chi connectivity index (χ3n) is 2.98. The second-order valence-electron chi connectivity index (χ2n) is 4.16. The quantitative estimate of drug-likeness (QED) is 0.820. The SMILES string of the molecule is c1cncc(-c2nnn(C3CCNCC3)n2)c1. The van der Waals surface area contributed by atoms with Crippen molar-refractivity contribution in [1.29, 1.82) is 0 Å². The maximum absolute atomic E-state index is 4.43. The first-order valence-electron chi connectivity index (χ1n) is 5.84. The molecule has 0 saturated carbocycles. The van der Waals surface area contributed by atoms with Crippen molar-refractivity contribution < 1.29 is 0 Å². The molecule has 1 aliphatic heterocycles. The Morgan fingerprint density at radius 1 is 1.29 bits per heavy atom. The van der Waals surface area contributed by atoms with Crippen molar-refractivity contribution in [2.45, 2.75) is 18.9 Å². The van der Waals surface area contributed by atoms with Gasteiger partial charge in [0.1, 0.15) is 0 Å².